The second-order valence-corrected chi connectivity index (χ2v) is 9.70. The van der Waals surface area contributed by atoms with E-state index in [1.807, 2.05) is 29.2 Å². The number of aromatic nitrogens is 1. The Kier molecular flexibility index (Phi) is 7.85. The molecule has 0 unspecified atom stereocenters. The standard InChI is InChI=1S/C26H28BrFN4O3/c1-31(2)26-29-16-22(35-26)25(34)30-20-9-6-17(7-10-20)18-12-14-32(15-13-18)23(33)11-8-19-4-3-5-21(27)24(19)28/h3-7,9-10,16,18H,8,11-15H2,1-2H3,(H,30,34). The van der Waals surface area contributed by atoms with Crippen molar-refractivity contribution in [3.05, 3.63) is 75.8 Å². The molecular weight excluding hydrogens is 515 g/mol. The van der Waals surface area contributed by atoms with Crippen LogP contribution in [0.4, 0.5) is 16.1 Å². The zero-order valence-corrected chi connectivity index (χ0v) is 21.3. The molecule has 2 aromatic carbocycles. The van der Waals surface area contributed by atoms with Crippen molar-refractivity contribution in [1.82, 2.24) is 9.88 Å². The Hall–Kier alpha value is -3.20. The van der Waals surface area contributed by atoms with E-state index in [1.54, 1.807) is 37.2 Å². The van der Waals surface area contributed by atoms with Crippen LogP contribution in [-0.4, -0.2) is 48.9 Å². The molecule has 2 amide bonds. The summed E-state index contributed by atoms with van der Waals surface area (Å²) in [4.78, 5) is 32.7. The van der Waals surface area contributed by atoms with Gasteiger partial charge in [-0.15, -0.1) is 0 Å². The number of aryl methyl sites for hydroxylation is 1. The summed E-state index contributed by atoms with van der Waals surface area (Å²) in [7, 11) is 3.58. The molecular formula is C26H28BrFN4O3. The number of nitrogens with one attached hydrogen (secondary N) is 1. The van der Waals surface area contributed by atoms with Crippen LogP contribution in [0.1, 0.15) is 46.9 Å². The van der Waals surface area contributed by atoms with Crippen molar-refractivity contribution < 1.29 is 18.4 Å². The van der Waals surface area contributed by atoms with Crippen LogP contribution >= 0.6 is 15.9 Å². The van der Waals surface area contributed by atoms with Crippen molar-refractivity contribution in [3.63, 3.8) is 0 Å². The van der Waals surface area contributed by atoms with Crippen LogP contribution in [0.3, 0.4) is 0 Å². The molecule has 4 rings (SSSR count). The third-order valence-corrected chi connectivity index (χ3v) is 6.84. The van der Waals surface area contributed by atoms with Gasteiger partial charge in [0.05, 0.1) is 10.7 Å². The number of halogens is 2. The molecule has 3 aromatic rings. The van der Waals surface area contributed by atoms with Gasteiger partial charge in [0.2, 0.25) is 11.7 Å². The lowest BCUT2D eigenvalue weighted by molar-refractivity contribution is -0.132. The maximum absolute atomic E-state index is 14.1. The zero-order valence-electron chi connectivity index (χ0n) is 19.8. The Morgan fingerprint density at radius 2 is 1.89 bits per heavy atom. The summed E-state index contributed by atoms with van der Waals surface area (Å²) in [6.45, 7) is 1.37. The molecule has 0 spiro atoms. The van der Waals surface area contributed by atoms with Crippen molar-refractivity contribution in [2.75, 3.05) is 37.4 Å². The first kappa shape index (κ1) is 24.9. The number of rotatable bonds is 7. The predicted octanol–water partition coefficient (Wildman–Crippen LogP) is 5.23. The van der Waals surface area contributed by atoms with Gasteiger partial charge in [0, 0.05) is 39.3 Å². The minimum atomic E-state index is -0.354. The van der Waals surface area contributed by atoms with Gasteiger partial charge < -0.3 is 19.5 Å². The predicted molar refractivity (Wildman–Crippen MR) is 136 cm³/mol. The quantitative estimate of drug-likeness (QED) is 0.442. The normalized spacial score (nSPS) is 14.1. The van der Waals surface area contributed by atoms with Gasteiger partial charge in [-0.2, -0.15) is 0 Å². The fraction of sp³-hybridized carbons (Fsp3) is 0.346. The summed E-state index contributed by atoms with van der Waals surface area (Å²) in [5.41, 5.74) is 2.41. The molecule has 7 nitrogen and oxygen atoms in total. The number of nitrogens with zero attached hydrogens (tertiary/aromatic N) is 3. The number of hydrogen-bond donors (Lipinski definition) is 1. The lowest BCUT2D eigenvalue weighted by Crippen LogP contribution is -2.38. The van der Waals surface area contributed by atoms with Crippen LogP contribution in [0.5, 0.6) is 0 Å². The van der Waals surface area contributed by atoms with Crippen LogP contribution in [-0.2, 0) is 11.2 Å². The van der Waals surface area contributed by atoms with Crippen molar-refractivity contribution in [1.29, 1.82) is 0 Å². The Morgan fingerprint density at radius 1 is 1.17 bits per heavy atom. The topological polar surface area (TPSA) is 78.7 Å². The maximum Gasteiger partial charge on any atom is 0.297 e. The number of amides is 2. The fourth-order valence-corrected chi connectivity index (χ4v) is 4.62. The second kappa shape index (κ2) is 11.0. The Morgan fingerprint density at radius 3 is 2.54 bits per heavy atom. The van der Waals surface area contributed by atoms with Crippen molar-refractivity contribution in [3.8, 4) is 0 Å². The summed E-state index contributed by atoms with van der Waals surface area (Å²) >= 11 is 3.19. The molecule has 35 heavy (non-hydrogen) atoms. The molecule has 1 fully saturated rings. The summed E-state index contributed by atoms with van der Waals surface area (Å²) < 4.78 is 20.0. The summed E-state index contributed by atoms with van der Waals surface area (Å²) in [5.74, 6) is -0.0860. The van der Waals surface area contributed by atoms with Gasteiger partial charge in [0.25, 0.3) is 11.9 Å². The van der Waals surface area contributed by atoms with Gasteiger partial charge in [-0.3, -0.25) is 9.59 Å². The molecule has 184 valence electrons. The van der Waals surface area contributed by atoms with E-state index in [0.29, 0.717) is 53.6 Å². The maximum atomic E-state index is 14.1. The Labute approximate surface area is 212 Å². The molecule has 0 radical (unpaired) electrons. The molecule has 0 aliphatic carbocycles. The van der Waals surface area contributed by atoms with E-state index in [-0.39, 0.29) is 23.4 Å². The van der Waals surface area contributed by atoms with E-state index in [9.17, 15) is 14.0 Å². The van der Waals surface area contributed by atoms with Gasteiger partial charge in [-0.1, -0.05) is 24.3 Å². The minimum absolute atomic E-state index is 0.0609. The van der Waals surface area contributed by atoms with Crippen molar-refractivity contribution >= 4 is 39.4 Å². The number of carbonyl (C=O) groups excluding carboxylic acids is 2. The van der Waals surface area contributed by atoms with Gasteiger partial charge in [-0.05, 0) is 70.4 Å². The zero-order chi connectivity index (χ0) is 24.9. The molecule has 2 heterocycles. The molecule has 1 aliphatic rings. The highest BCUT2D eigenvalue weighted by molar-refractivity contribution is 9.10. The highest BCUT2D eigenvalue weighted by Gasteiger charge is 2.24. The van der Waals surface area contributed by atoms with Crippen LogP contribution in [0.2, 0.25) is 0 Å². The molecule has 0 atom stereocenters. The number of carbonyl (C=O) groups is 2. The molecule has 1 N–H and O–H groups in total. The van der Waals surface area contributed by atoms with Gasteiger partial charge in [0.1, 0.15) is 5.82 Å². The van der Waals surface area contributed by atoms with Crippen molar-refractivity contribution in [2.45, 2.75) is 31.6 Å². The summed E-state index contributed by atoms with van der Waals surface area (Å²) in [5, 5.41) is 2.82. The first-order chi connectivity index (χ1) is 16.8. The third-order valence-electron chi connectivity index (χ3n) is 6.23. The van der Waals surface area contributed by atoms with Gasteiger partial charge >= 0.3 is 0 Å². The van der Waals surface area contributed by atoms with Crippen LogP contribution in [0.15, 0.2) is 57.6 Å². The first-order valence-electron chi connectivity index (χ1n) is 11.6. The molecule has 1 aliphatic heterocycles. The van der Waals surface area contributed by atoms with Crippen LogP contribution < -0.4 is 10.2 Å². The van der Waals surface area contributed by atoms with E-state index >= 15 is 0 Å². The van der Waals surface area contributed by atoms with Crippen molar-refractivity contribution in [2.24, 2.45) is 0 Å². The van der Waals surface area contributed by atoms with E-state index in [4.69, 9.17) is 4.42 Å². The average molecular weight is 543 g/mol. The lowest BCUT2D eigenvalue weighted by atomic mass is 9.89. The highest BCUT2D eigenvalue weighted by Crippen LogP contribution is 2.29. The SMILES string of the molecule is CN(C)c1ncc(C(=O)Nc2ccc(C3CCN(C(=O)CCc4cccc(Br)c4F)CC3)cc2)o1. The molecule has 9 heteroatoms. The fourth-order valence-electron chi connectivity index (χ4n) is 4.21. The number of benzene rings is 2. The van der Waals surface area contributed by atoms with E-state index in [2.05, 4.69) is 26.2 Å². The van der Waals surface area contributed by atoms with Crippen LogP contribution in [0.25, 0.3) is 0 Å². The van der Waals surface area contributed by atoms with Gasteiger partial charge in [-0.25, -0.2) is 9.37 Å². The lowest BCUT2D eigenvalue weighted by Gasteiger charge is -2.32. The smallest absolute Gasteiger partial charge is 0.297 e. The average Bonchev–Trinajstić information content (AvgIpc) is 3.36. The molecule has 1 aromatic heterocycles. The molecule has 1 saturated heterocycles. The van der Waals surface area contributed by atoms with E-state index < -0.39 is 0 Å². The largest absolute Gasteiger partial charge is 0.418 e. The Balaban J connectivity index is 1.26. The number of oxazole rings is 1. The number of likely N-dealkylation sites (tertiary alicyclic amines) is 1. The number of hydrogen-bond acceptors (Lipinski definition) is 5. The Bertz CT molecular complexity index is 1190. The van der Waals surface area contributed by atoms with E-state index in [0.717, 1.165) is 12.8 Å². The second-order valence-electron chi connectivity index (χ2n) is 8.85. The first-order valence-corrected chi connectivity index (χ1v) is 12.4. The summed E-state index contributed by atoms with van der Waals surface area (Å²) in [6.07, 6.45) is 3.83. The third kappa shape index (κ3) is 6.08. The monoisotopic (exact) mass is 542 g/mol. The van der Waals surface area contributed by atoms with Crippen LogP contribution in [0, 0.1) is 5.82 Å². The number of piperidine rings is 1. The van der Waals surface area contributed by atoms with E-state index in [1.165, 1.54) is 11.8 Å². The van der Waals surface area contributed by atoms with Gasteiger partial charge in [0.15, 0.2) is 0 Å². The number of anilines is 2. The summed E-state index contributed by atoms with van der Waals surface area (Å²) in [6, 6.07) is 13.3. The molecule has 0 bridgehead atoms. The highest BCUT2D eigenvalue weighted by atomic mass is 79.9. The molecule has 0 saturated carbocycles. The minimum Gasteiger partial charge on any atom is -0.418 e.